The number of hydrogen-bond donors (Lipinski definition) is 1. The Hall–Kier alpha value is -0.540. The van der Waals surface area contributed by atoms with Crippen LogP contribution < -0.4 is 4.74 Å². The second-order valence-corrected chi connectivity index (χ2v) is 3.39. The Morgan fingerprint density at radius 1 is 1.50 bits per heavy atom. The summed E-state index contributed by atoms with van der Waals surface area (Å²) in [6.45, 7) is 1.94. The maximum absolute atomic E-state index is 9.04. The predicted molar refractivity (Wildman–Crippen MR) is 51.4 cm³/mol. The molecule has 0 atom stereocenters. The molecule has 1 N–H and O–H groups in total. The maximum atomic E-state index is 9.04. The van der Waals surface area contributed by atoms with E-state index in [2.05, 4.69) is 15.9 Å². The minimum atomic E-state index is -0.00850. The number of ether oxygens (including phenoxy) is 1. The highest BCUT2D eigenvalue weighted by atomic mass is 79.9. The quantitative estimate of drug-likeness (QED) is 0.845. The molecule has 3 heteroatoms. The summed E-state index contributed by atoms with van der Waals surface area (Å²) in [5, 5.41) is 9.04. The highest BCUT2D eigenvalue weighted by Gasteiger charge is 2.08. The molecule has 0 fully saturated rings. The molecule has 12 heavy (non-hydrogen) atoms. The van der Waals surface area contributed by atoms with E-state index in [9.17, 15) is 0 Å². The molecule has 0 bridgehead atoms. The number of benzene rings is 1. The van der Waals surface area contributed by atoms with Gasteiger partial charge in [-0.15, -0.1) is 0 Å². The van der Waals surface area contributed by atoms with E-state index in [-0.39, 0.29) is 6.61 Å². The van der Waals surface area contributed by atoms with Crippen molar-refractivity contribution in [2.24, 2.45) is 0 Å². The van der Waals surface area contributed by atoms with E-state index < -0.39 is 0 Å². The smallest absolute Gasteiger partial charge is 0.128 e. The number of aryl methyl sites for hydroxylation is 1. The molecule has 0 amide bonds. The molecule has 1 rings (SSSR count). The van der Waals surface area contributed by atoms with Crippen LogP contribution in [0, 0.1) is 6.92 Å². The third-order valence-corrected chi connectivity index (χ3v) is 2.51. The van der Waals surface area contributed by atoms with Gasteiger partial charge in [0, 0.05) is 10.0 Å². The summed E-state index contributed by atoms with van der Waals surface area (Å²) in [5.41, 5.74) is 1.84. The van der Waals surface area contributed by atoms with Crippen LogP contribution in [0.2, 0.25) is 0 Å². The van der Waals surface area contributed by atoms with Gasteiger partial charge < -0.3 is 9.84 Å². The molecule has 0 radical (unpaired) electrons. The molecular formula is C9H11BrO2. The van der Waals surface area contributed by atoms with E-state index >= 15 is 0 Å². The van der Waals surface area contributed by atoms with Gasteiger partial charge in [-0.2, -0.15) is 0 Å². The lowest BCUT2D eigenvalue weighted by atomic mass is 10.1. The van der Waals surface area contributed by atoms with Crippen molar-refractivity contribution in [1.82, 2.24) is 0 Å². The zero-order valence-corrected chi connectivity index (χ0v) is 8.68. The van der Waals surface area contributed by atoms with Gasteiger partial charge in [-0.1, -0.05) is 22.0 Å². The third-order valence-electron chi connectivity index (χ3n) is 1.76. The average molecular weight is 231 g/mol. The van der Waals surface area contributed by atoms with Gasteiger partial charge in [0.1, 0.15) is 5.75 Å². The molecule has 1 aromatic rings. The van der Waals surface area contributed by atoms with Gasteiger partial charge in [0.05, 0.1) is 13.7 Å². The minimum absolute atomic E-state index is 0.00850. The molecule has 0 unspecified atom stereocenters. The van der Waals surface area contributed by atoms with E-state index in [1.807, 2.05) is 19.1 Å². The Morgan fingerprint density at radius 2 is 2.17 bits per heavy atom. The van der Waals surface area contributed by atoms with Gasteiger partial charge in [-0.05, 0) is 18.6 Å². The molecule has 0 aliphatic rings. The first-order valence-corrected chi connectivity index (χ1v) is 4.42. The lowest BCUT2D eigenvalue weighted by molar-refractivity contribution is 0.272. The summed E-state index contributed by atoms with van der Waals surface area (Å²) in [7, 11) is 1.61. The Labute approximate surface area is 80.3 Å². The lowest BCUT2D eigenvalue weighted by Gasteiger charge is -2.10. The molecule has 0 aliphatic heterocycles. The van der Waals surface area contributed by atoms with Gasteiger partial charge in [0.2, 0.25) is 0 Å². The van der Waals surface area contributed by atoms with Crippen molar-refractivity contribution in [2.75, 3.05) is 7.11 Å². The summed E-state index contributed by atoms with van der Waals surface area (Å²) < 4.78 is 6.04. The van der Waals surface area contributed by atoms with Gasteiger partial charge in [0.15, 0.2) is 0 Å². The third kappa shape index (κ3) is 1.62. The first-order valence-electron chi connectivity index (χ1n) is 3.63. The fourth-order valence-corrected chi connectivity index (χ4v) is 1.59. The van der Waals surface area contributed by atoms with E-state index in [1.54, 1.807) is 7.11 Å². The zero-order chi connectivity index (χ0) is 9.14. The van der Waals surface area contributed by atoms with Crippen LogP contribution in [0.1, 0.15) is 11.1 Å². The summed E-state index contributed by atoms with van der Waals surface area (Å²) in [4.78, 5) is 0. The Kier molecular flexibility index (Phi) is 3.12. The highest BCUT2D eigenvalue weighted by molar-refractivity contribution is 9.10. The lowest BCUT2D eigenvalue weighted by Crippen LogP contribution is -1.95. The molecule has 0 saturated carbocycles. The van der Waals surface area contributed by atoms with Crippen molar-refractivity contribution in [3.63, 3.8) is 0 Å². The standard InChI is InChI=1S/C9H11BrO2/c1-6-3-4-8(10)7(5-11)9(6)12-2/h3-4,11H,5H2,1-2H3. The molecule has 66 valence electrons. The van der Waals surface area contributed by atoms with Crippen LogP contribution in [0.15, 0.2) is 16.6 Å². The van der Waals surface area contributed by atoms with Gasteiger partial charge in [-0.25, -0.2) is 0 Å². The number of methoxy groups -OCH3 is 1. The fraction of sp³-hybridized carbons (Fsp3) is 0.333. The second kappa shape index (κ2) is 3.92. The minimum Gasteiger partial charge on any atom is -0.496 e. The molecule has 0 saturated heterocycles. The van der Waals surface area contributed by atoms with Crippen LogP contribution in [0.25, 0.3) is 0 Å². The average Bonchev–Trinajstić information content (AvgIpc) is 2.08. The normalized spacial score (nSPS) is 10.0. The number of rotatable bonds is 2. The molecular weight excluding hydrogens is 220 g/mol. The number of halogens is 1. The Balaban J connectivity index is 3.28. The number of hydrogen-bond acceptors (Lipinski definition) is 2. The van der Waals surface area contributed by atoms with Gasteiger partial charge in [0.25, 0.3) is 0 Å². The van der Waals surface area contributed by atoms with Crippen molar-refractivity contribution < 1.29 is 9.84 Å². The molecule has 2 nitrogen and oxygen atoms in total. The van der Waals surface area contributed by atoms with Gasteiger partial charge >= 0.3 is 0 Å². The monoisotopic (exact) mass is 230 g/mol. The first-order chi connectivity index (χ1) is 5.70. The van der Waals surface area contributed by atoms with E-state index in [4.69, 9.17) is 9.84 Å². The highest BCUT2D eigenvalue weighted by Crippen LogP contribution is 2.29. The Morgan fingerprint density at radius 3 is 2.58 bits per heavy atom. The topological polar surface area (TPSA) is 29.5 Å². The van der Waals surface area contributed by atoms with Crippen molar-refractivity contribution in [3.8, 4) is 5.75 Å². The van der Waals surface area contributed by atoms with Crippen LogP contribution in [-0.4, -0.2) is 12.2 Å². The van der Waals surface area contributed by atoms with Crippen LogP contribution >= 0.6 is 15.9 Å². The zero-order valence-electron chi connectivity index (χ0n) is 7.10. The molecule has 0 aromatic heterocycles. The first kappa shape index (κ1) is 9.55. The number of aliphatic hydroxyl groups excluding tert-OH is 1. The summed E-state index contributed by atoms with van der Waals surface area (Å²) in [5.74, 6) is 0.756. The van der Waals surface area contributed by atoms with Crippen LogP contribution in [0.3, 0.4) is 0 Å². The summed E-state index contributed by atoms with van der Waals surface area (Å²) in [6, 6.07) is 3.85. The fourth-order valence-electron chi connectivity index (χ4n) is 1.15. The van der Waals surface area contributed by atoms with Crippen molar-refractivity contribution in [3.05, 3.63) is 27.7 Å². The molecule has 0 heterocycles. The summed E-state index contributed by atoms with van der Waals surface area (Å²) >= 11 is 3.34. The van der Waals surface area contributed by atoms with Crippen molar-refractivity contribution >= 4 is 15.9 Å². The largest absolute Gasteiger partial charge is 0.496 e. The van der Waals surface area contributed by atoms with Gasteiger partial charge in [-0.3, -0.25) is 0 Å². The van der Waals surface area contributed by atoms with Crippen LogP contribution in [0.5, 0.6) is 5.75 Å². The predicted octanol–water partition coefficient (Wildman–Crippen LogP) is 2.26. The number of aliphatic hydroxyl groups is 1. The van der Waals surface area contributed by atoms with Crippen LogP contribution in [0.4, 0.5) is 0 Å². The van der Waals surface area contributed by atoms with Crippen molar-refractivity contribution in [2.45, 2.75) is 13.5 Å². The van der Waals surface area contributed by atoms with Crippen molar-refractivity contribution in [1.29, 1.82) is 0 Å². The second-order valence-electron chi connectivity index (χ2n) is 2.53. The van der Waals surface area contributed by atoms with E-state index in [0.717, 1.165) is 21.3 Å². The van der Waals surface area contributed by atoms with Crippen LogP contribution in [-0.2, 0) is 6.61 Å². The van der Waals surface area contributed by atoms with E-state index in [1.165, 1.54) is 0 Å². The molecule has 0 aliphatic carbocycles. The molecule has 1 aromatic carbocycles. The summed E-state index contributed by atoms with van der Waals surface area (Å²) in [6.07, 6.45) is 0. The molecule has 0 spiro atoms. The maximum Gasteiger partial charge on any atom is 0.128 e. The van der Waals surface area contributed by atoms with E-state index in [0.29, 0.717) is 0 Å². The SMILES string of the molecule is COc1c(C)ccc(Br)c1CO. The Bertz CT molecular complexity index is 255.